The number of hydrogen-bond acceptors (Lipinski definition) is 5. The molecule has 0 unspecified atom stereocenters. The molecule has 1 aromatic rings. The summed E-state index contributed by atoms with van der Waals surface area (Å²) < 4.78 is 4.41. The van der Waals surface area contributed by atoms with Crippen molar-refractivity contribution in [3.8, 4) is 5.75 Å². The number of phenolic OH excluding ortho intramolecular Hbond substituents is 1. The maximum absolute atomic E-state index is 11.0. The van der Waals surface area contributed by atoms with E-state index in [0.717, 1.165) is 6.07 Å². The number of esters is 1. The van der Waals surface area contributed by atoms with Crippen molar-refractivity contribution in [1.29, 1.82) is 0 Å². The van der Waals surface area contributed by atoms with E-state index in [0.29, 0.717) is 5.56 Å². The summed E-state index contributed by atoms with van der Waals surface area (Å²) in [5, 5.41) is 19.7. The van der Waals surface area contributed by atoms with E-state index in [9.17, 15) is 20.0 Å². The van der Waals surface area contributed by atoms with E-state index in [1.807, 2.05) is 0 Å². The van der Waals surface area contributed by atoms with E-state index in [1.54, 1.807) is 0 Å². The molecule has 0 aliphatic rings. The van der Waals surface area contributed by atoms with Gasteiger partial charge in [0.25, 0.3) is 0 Å². The number of halogens is 1. The van der Waals surface area contributed by atoms with Crippen LogP contribution in [0.4, 0.5) is 5.69 Å². The van der Waals surface area contributed by atoms with Crippen LogP contribution in [0, 0.1) is 10.1 Å². The Balaban J connectivity index is 3.14. The van der Waals surface area contributed by atoms with Gasteiger partial charge in [-0.1, -0.05) is 11.6 Å². The second-order valence-electron chi connectivity index (χ2n) is 2.96. The Morgan fingerprint density at radius 2 is 2.25 bits per heavy atom. The van der Waals surface area contributed by atoms with Gasteiger partial charge in [0, 0.05) is 6.07 Å². The van der Waals surface area contributed by atoms with Gasteiger partial charge in [-0.25, -0.2) is 0 Å². The summed E-state index contributed by atoms with van der Waals surface area (Å²) in [4.78, 5) is 20.7. The largest absolute Gasteiger partial charge is 0.501 e. The van der Waals surface area contributed by atoms with Gasteiger partial charge >= 0.3 is 11.7 Å². The summed E-state index contributed by atoms with van der Waals surface area (Å²) in [6.07, 6.45) is -0.142. The number of nitro groups is 1. The second kappa shape index (κ2) is 4.80. The van der Waals surface area contributed by atoms with Gasteiger partial charge in [0.05, 0.1) is 23.5 Å². The van der Waals surface area contributed by atoms with Crippen molar-refractivity contribution < 1.29 is 19.6 Å². The summed E-state index contributed by atoms with van der Waals surface area (Å²) in [5.41, 5.74) is -0.229. The zero-order valence-electron chi connectivity index (χ0n) is 8.27. The maximum atomic E-state index is 11.0. The lowest BCUT2D eigenvalue weighted by Gasteiger charge is -2.03. The lowest BCUT2D eigenvalue weighted by atomic mass is 10.1. The summed E-state index contributed by atoms with van der Waals surface area (Å²) in [7, 11) is 1.21. The number of carbonyl (C=O) groups excluding carboxylic acids is 1. The number of methoxy groups -OCH3 is 1. The molecule has 0 saturated carbocycles. The smallest absolute Gasteiger partial charge is 0.312 e. The molecule has 0 radical (unpaired) electrons. The van der Waals surface area contributed by atoms with Gasteiger partial charge in [-0.3, -0.25) is 14.9 Å². The number of hydrogen-bond donors (Lipinski definition) is 1. The molecular formula is C9H8ClNO5. The molecule has 86 valence electrons. The minimum Gasteiger partial charge on any atom is -0.501 e. The van der Waals surface area contributed by atoms with Crippen molar-refractivity contribution in [1.82, 2.24) is 0 Å². The molecule has 1 N–H and O–H groups in total. The number of nitro benzene ring substituents is 1. The highest BCUT2D eigenvalue weighted by molar-refractivity contribution is 6.32. The molecule has 0 amide bonds. The summed E-state index contributed by atoms with van der Waals surface area (Å²) in [6, 6.07) is 2.36. The standard InChI is InChI=1S/C9H8ClNO5/c1-16-8(12)4-5-2-6(10)9(13)7(3-5)11(14)15/h2-3,13H,4H2,1H3. The molecule has 0 aliphatic carbocycles. The number of carbonyl (C=O) groups is 1. The number of rotatable bonds is 3. The van der Waals surface area contributed by atoms with E-state index >= 15 is 0 Å². The third-order valence-corrected chi connectivity index (χ3v) is 2.16. The van der Waals surface area contributed by atoms with E-state index in [1.165, 1.54) is 13.2 Å². The van der Waals surface area contributed by atoms with Gasteiger partial charge in [0.15, 0.2) is 0 Å². The first-order valence-corrected chi connectivity index (χ1v) is 4.56. The molecule has 0 spiro atoms. The van der Waals surface area contributed by atoms with Crippen LogP contribution in [0.3, 0.4) is 0 Å². The van der Waals surface area contributed by atoms with Gasteiger partial charge in [0.2, 0.25) is 5.75 Å². The van der Waals surface area contributed by atoms with Crippen LogP contribution < -0.4 is 0 Å². The minimum absolute atomic E-state index is 0.142. The molecule has 0 fully saturated rings. The summed E-state index contributed by atoms with van der Waals surface area (Å²) in [6.45, 7) is 0. The third-order valence-electron chi connectivity index (χ3n) is 1.88. The maximum Gasteiger partial charge on any atom is 0.312 e. The average molecular weight is 246 g/mol. The molecule has 0 atom stereocenters. The quantitative estimate of drug-likeness (QED) is 0.497. The fourth-order valence-corrected chi connectivity index (χ4v) is 1.36. The van der Waals surface area contributed by atoms with Crippen LogP contribution in [0.1, 0.15) is 5.56 Å². The third kappa shape index (κ3) is 2.60. The molecule has 6 nitrogen and oxygen atoms in total. The Morgan fingerprint density at radius 3 is 2.75 bits per heavy atom. The molecular weight excluding hydrogens is 238 g/mol. The number of phenols is 1. The van der Waals surface area contributed by atoms with Gasteiger partial charge in [-0.05, 0) is 11.6 Å². The number of ether oxygens (including phenoxy) is 1. The number of nitrogens with zero attached hydrogens (tertiary/aromatic N) is 1. The van der Waals surface area contributed by atoms with Crippen LogP contribution in [0.5, 0.6) is 5.75 Å². The van der Waals surface area contributed by atoms with E-state index in [-0.39, 0.29) is 11.4 Å². The Morgan fingerprint density at radius 1 is 1.62 bits per heavy atom. The molecule has 0 bridgehead atoms. The van der Waals surface area contributed by atoms with Crippen molar-refractivity contribution >= 4 is 23.3 Å². The number of aromatic hydroxyl groups is 1. The lowest BCUT2D eigenvalue weighted by Crippen LogP contribution is -2.05. The summed E-state index contributed by atoms with van der Waals surface area (Å²) >= 11 is 5.58. The molecule has 0 aliphatic heterocycles. The normalized spacial score (nSPS) is 9.88. The Labute approximate surface area is 95.6 Å². The SMILES string of the molecule is COC(=O)Cc1cc(Cl)c(O)c([N+](=O)[O-])c1. The highest BCUT2D eigenvalue weighted by Crippen LogP contribution is 2.34. The minimum atomic E-state index is -0.776. The predicted molar refractivity (Wildman–Crippen MR) is 55.5 cm³/mol. The second-order valence-corrected chi connectivity index (χ2v) is 3.36. The van der Waals surface area contributed by atoms with Crippen LogP contribution in [0.2, 0.25) is 5.02 Å². The number of benzene rings is 1. The molecule has 0 saturated heterocycles. The summed E-state index contributed by atoms with van der Waals surface area (Å²) in [5.74, 6) is -1.16. The fraction of sp³-hybridized carbons (Fsp3) is 0.222. The zero-order valence-corrected chi connectivity index (χ0v) is 9.02. The molecule has 1 aromatic carbocycles. The Bertz CT molecular complexity index is 446. The Hall–Kier alpha value is -1.82. The van der Waals surface area contributed by atoms with E-state index in [2.05, 4.69) is 4.74 Å². The van der Waals surface area contributed by atoms with Gasteiger partial charge < -0.3 is 9.84 Å². The van der Waals surface area contributed by atoms with Crippen LogP contribution in [0.15, 0.2) is 12.1 Å². The molecule has 7 heteroatoms. The molecule has 0 heterocycles. The van der Waals surface area contributed by atoms with Gasteiger partial charge in [0.1, 0.15) is 0 Å². The zero-order chi connectivity index (χ0) is 12.3. The molecule has 0 aromatic heterocycles. The highest BCUT2D eigenvalue weighted by atomic mass is 35.5. The van der Waals surface area contributed by atoms with Crippen molar-refractivity contribution in [3.05, 3.63) is 32.8 Å². The van der Waals surface area contributed by atoms with Crippen LogP contribution in [0.25, 0.3) is 0 Å². The topological polar surface area (TPSA) is 89.7 Å². The van der Waals surface area contributed by atoms with Crippen LogP contribution >= 0.6 is 11.6 Å². The first kappa shape index (κ1) is 12.3. The average Bonchev–Trinajstić information content (AvgIpc) is 2.22. The van der Waals surface area contributed by atoms with Crippen molar-refractivity contribution in [2.24, 2.45) is 0 Å². The first-order chi connectivity index (χ1) is 7.45. The Kier molecular flexibility index (Phi) is 3.68. The van der Waals surface area contributed by atoms with Crippen molar-refractivity contribution in [3.63, 3.8) is 0 Å². The molecule has 16 heavy (non-hydrogen) atoms. The van der Waals surface area contributed by atoms with Gasteiger partial charge in [-0.15, -0.1) is 0 Å². The predicted octanol–water partition coefficient (Wildman–Crippen LogP) is 1.67. The van der Waals surface area contributed by atoms with Crippen molar-refractivity contribution in [2.45, 2.75) is 6.42 Å². The van der Waals surface area contributed by atoms with Crippen LogP contribution in [-0.2, 0) is 16.0 Å². The van der Waals surface area contributed by atoms with Gasteiger partial charge in [-0.2, -0.15) is 0 Å². The monoisotopic (exact) mass is 245 g/mol. The fourth-order valence-electron chi connectivity index (χ4n) is 1.12. The van der Waals surface area contributed by atoms with Crippen LogP contribution in [-0.4, -0.2) is 23.1 Å². The highest BCUT2D eigenvalue weighted by Gasteiger charge is 2.19. The first-order valence-electron chi connectivity index (χ1n) is 4.18. The van der Waals surface area contributed by atoms with E-state index in [4.69, 9.17) is 11.6 Å². The van der Waals surface area contributed by atoms with E-state index < -0.39 is 22.3 Å². The lowest BCUT2D eigenvalue weighted by molar-refractivity contribution is -0.385. The van der Waals surface area contributed by atoms with Crippen molar-refractivity contribution in [2.75, 3.05) is 7.11 Å². The molecule has 1 rings (SSSR count).